The highest BCUT2D eigenvalue weighted by molar-refractivity contribution is 9.10. The lowest BCUT2D eigenvalue weighted by Gasteiger charge is -2.05. The van der Waals surface area contributed by atoms with E-state index in [1.54, 1.807) is 30.3 Å². The van der Waals surface area contributed by atoms with Crippen molar-refractivity contribution in [3.63, 3.8) is 0 Å². The third kappa shape index (κ3) is 5.68. The van der Waals surface area contributed by atoms with Crippen LogP contribution in [0.1, 0.15) is 12.5 Å². The molecule has 0 radical (unpaired) electrons. The molecule has 6 nitrogen and oxygen atoms in total. The Kier molecular flexibility index (Phi) is 6.64. The molecule has 8 heteroatoms. The molecule has 0 aliphatic carbocycles. The van der Waals surface area contributed by atoms with E-state index in [1.165, 1.54) is 18.3 Å². The Morgan fingerprint density at radius 2 is 1.92 bits per heavy atom. The quantitative estimate of drug-likeness (QED) is 0.454. The van der Waals surface area contributed by atoms with Gasteiger partial charge in [-0.25, -0.2) is 9.82 Å². The summed E-state index contributed by atoms with van der Waals surface area (Å²) >= 11 is 3.10. The maximum absolute atomic E-state index is 13.6. The van der Waals surface area contributed by atoms with Crippen LogP contribution in [0.4, 0.5) is 10.1 Å². The van der Waals surface area contributed by atoms with Gasteiger partial charge in [-0.3, -0.25) is 9.59 Å². The highest BCUT2D eigenvalue weighted by atomic mass is 79.9. The minimum absolute atomic E-state index is 0.0983. The number of rotatable bonds is 5. The lowest BCUT2D eigenvalue weighted by atomic mass is 10.2. The zero-order chi connectivity index (χ0) is 18.2. The molecule has 2 aromatic rings. The summed E-state index contributed by atoms with van der Waals surface area (Å²) in [5.74, 6) is -1.97. The molecule has 2 amide bonds. The normalized spacial score (nSPS) is 10.5. The van der Waals surface area contributed by atoms with E-state index in [2.05, 4.69) is 31.8 Å². The van der Waals surface area contributed by atoms with Crippen molar-refractivity contribution in [2.45, 2.75) is 6.92 Å². The lowest BCUT2D eigenvalue weighted by molar-refractivity contribution is -0.136. The van der Waals surface area contributed by atoms with Crippen molar-refractivity contribution in [2.24, 2.45) is 5.10 Å². The summed E-state index contributed by atoms with van der Waals surface area (Å²) in [5.41, 5.74) is 2.69. The van der Waals surface area contributed by atoms with Crippen LogP contribution in [0.2, 0.25) is 0 Å². The van der Waals surface area contributed by atoms with Crippen LogP contribution in [0.5, 0.6) is 5.75 Å². The molecule has 2 N–H and O–H groups in total. The minimum Gasteiger partial charge on any atom is -0.494 e. The molecule has 0 heterocycles. The summed E-state index contributed by atoms with van der Waals surface area (Å²) in [7, 11) is 0. The second-order valence-electron chi connectivity index (χ2n) is 4.78. The predicted octanol–water partition coefficient (Wildman–Crippen LogP) is 3.08. The standard InChI is InChI=1S/C17H15BrFN3O3/c1-2-25-13-6-3-11(4-7-13)10-20-22-17(24)16(23)21-15-8-5-12(18)9-14(15)19/h3-10H,2H2,1H3,(H,21,23)(H,22,24). The van der Waals surface area contributed by atoms with Crippen molar-refractivity contribution in [2.75, 3.05) is 11.9 Å². The molecule has 0 fully saturated rings. The number of ether oxygens (including phenoxy) is 1. The van der Waals surface area contributed by atoms with Crippen LogP contribution in [-0.4, -0.2) is 24.6 Å². The van der Waals surface area contributed by atoms with Gasteiger partial charge in [-0.2, -0.15) is 5.10 Å². The Hall–Kier alpha value is -2.74. The van der Waals surface area contributed by atoms with E-state index in [9.17, 15) is 14.0 Å². The van der Waals surface area contributed by atoms with Crippen molar-refractivity contribution in [3.05, 3.63) is 58.3 Å². The molecule has 0 unspecified atom stereocenters. The fourth-order valence-corrected chi connectivity index (χ4v) is 2.14. The number of carbonyl (C=O) groups is 2. The van der Waals surface area contributed by atoms with Gasteiger partial charge in [0.05, 0.1) is 18.5 Å². The first-order valence-electron chi connectivity index (χ1n) is 7.32. The van der Waals surface area contributed by atoms with Crippen LogP contribution in [0.15, 0.2) is 52.0 Å². The number of hydrogen-bond acceptors (Lipinski definition) is 4. The van der Waals surface area contributed by atoms with Crippen LogP contribution >= 0.6 is 15.9 Å². The highest BCUT2D eigenvalue weighted by Crippen LogP contribution is 2.19. The fourth-order valence-electron chi connectivity index (χ4n) is 1.80. The van der Waals surface area contributed by atoms with E-state index in [-0.39, 0.29) is 5.69 Å². The second kappa shape index (κ2) is 8.93. The summed E-state index contributed by atoms with van der Waals surface area (Å²) in [5, 5.41) is 5.86. The number of anilines is 1. The molecule has 0 aliphatic heterocycles. The fraction of sp³-hybridized carbons (Fsp3) is 0.118. The number of carbonyl (C=O) groups excluding carboxylic acids is 2. The Balaban J connectivity index is 1.89. The molecular formula is C17H15BrFN3O3. The maximum Gasteiger partial charge on any atom is 0.329 e. The van der Waals surface area contributed by atoms with Gasteiger partial charge in [0.15, 0.2) is 0 Å². The van der Waals surface area contributed by atoms with Crippen molar-refractivity contribution >= 4 is 39.6 Å². The zero-order valence-corrected chi connectivity index (χ0v) is 14.8. The number of halogens is 2. The van der Waals surface area contributed by atoms with Crippen molar-refractivity contribution in [3.8, 4) is 5.75 Å². The summed E-state index contributed by atoms with van der Waals surface area (Å²) in [6, 6.07) is 11.1. The smallest absolute Gasteiger partial charge is 0.329 e. The number of benzene rings is 2. The van der Waals surface area contributed by atoms with Gasteiger partial charge >= 0.3 is 11.8 Å². The van der Waals surface area contributed by atoms with E-state index >= 15 is 0 Å². The minimum atomic E-state index is -1.02. The number of amides is 2. The Morgan fingerprint density at radius 1 is 1.20 bits per heavy atom. The van der Waals surface area contributed by atoms with Crippen molar-refractivity contribution < 1.29 is 18.7 Å². The topological polar surface area (TPSA) is 79.8 Å². The van der Waals surface area contributed by atoms with Gasteiger partial charge in [-0.05, 0) is 55.0 Å². The van der Waals surface area contributed by atoms with Crippen molar-refractivity contribution in [1.29, 1.82) is 0 Å². The number of nitrogens with zero attached hydrogens (tertiary/aromatic N) is 1. The highest BCUT2D eigenvalue weighted by Gasteiger charge is 2.15. The van der Waals surface area contributed by atoms with Crippen LogP contribution < -0.4 is 15.5 Å². The van der Waals surface area contributed by atoms with Gasteiger partial charge in [0.2, 0.25) is 0 Å². The second-order valence-corrected chi connectivity index (χ2v) is 5.70. The Bertz CT molecular complexity index is 794. The van der Waals surface area contributed by atoms with Crippen LogP contribution in [0.25, 0.3) is 0 Å². The van der Waals surface area contributed by atoms with Gasteiger partial charge in [-0.15, -0.1) is 0 Å². The lowest BCUT2D eigenvalue weighted by Crippen LogP contribution is -2.32. The molecule has 2 rings (SSSR count). The average molecular weight is 408 g/mol. The molecule has 0 saturated heterocycles. The van der Waals surface area contributed by atoms with Crippen molar-refractivity contribution in [1.82, 2.24) is 5.43 Å². The third-order valence-electron chi connectivity index (χ3n) is 2.96. The van der Waals surface area contributed by atoms with E-state index in [0.717, 1.165) is 5.75 Å². The molecular weight excluding hydrogens is 393 g/mol. The van der Waals surface area contributed by atoms with Gasteiger partial charge in [0, 0.05) is 4.47 Å². The Labute approximate surface area is 152 Å². The van der Waals surface area contributed by atoms with E-state index in [1.807, 2.05) is 6.92 Å². The molecule has 0 saturated carbocycles. The largest absolute Gasteiger partial charge is 0.494 e. The first-order chi connectivity index (χ1) is 12.0. The average Bonchev–Trinajstić information content (AvgIpc) is 2.59. The number of hydrazone groups is 1. The molecule has 2 aromatic carbocycles. The van der Waals surface area contributed by atoms with Crippen LogP contribution in [0, 0.1) is 5.82 Å². The summed E-state index contributed by atoms with van der Waals surface area (Å²) < 4.78 is 19.4. The Morgan fingerprint density at radius 3 is 2.56 bits per heavy atom. The number of hydrogen-bond donors (Lipinski definition) is 2. The molecule has 25 heavy (non-hydrogen) atoms. The van der Waals surface area contributed by atoms with E-state index < -0.39 is 17.6 Å². The van der Waals surface area contributed by atoms with Gasteiger partial charge in [0.1, 0.15) is 11.6 Å². The molecule has 0 atom stereocenters. The van der Waals surface area contributed by atoms with Gasteiger partial charge in [0.25, 0.3) is 0 Å². The molecule has 0 bridgehead atoms. The molecule has 0 aliphatic rings. The first-order valence-corrected chi connectivity index (χ1v) is 8.11. The van der Waals surface area contributed by atoms with Crippen LogP contribution in [0.3, 0.4) is 0 Å². The molecule has 130 valence electrons. The molecule has 0 aromatic heterocycles. The zero-order valence-electron chi connectivity index (χ0n) is 13.3. The summed E-state index contributed by atoms with van der Waals surface area (Å²) in [6.45, 7) is 2.45. The first kappa shape index (κ1) is 18.6. The number of nitrogens with one attached hydrogen (secondary N) is 2. The predicted molar refractivity (Wildman–Crippen MR) is 96.1 cm³/mol. The SMILES string of the molecule is CCOc1ccc(C=NNC(=O)C(=O)Nc2ccc(Br)cc2F)cc1. The third-order valence-corrected chi connectivity index (χ3v) is 3.45. The summed E-state index contributed by atoms with van der Waals surface area (Å²) in [4.78, 5) is 23.4. The van der Waals surface area contributed by atoms with Gasteiger partial charge < -0.3 is 10.1 Å². The van der Waals surface area contributed by atoms with Gasteiger partial charge in [-0.1, -0.05) is 15.9 Å². The van der Waals surface area contributed by atoms with E-state index in [4.69, 9.17) is 4.74 Å². The van der Waals surface area contributed by atoms with Crippen LogP contribution in [-0.2, 0) is 9.59 Å². The summed E-state index contributed by atoms with van der Waals surface area (Å²) in [6.07, 6.45) is 1.38. The maximum atomic E-state index is 13.6. The molecule has 0 spiro atoms. The van der Waals surface area contributed by atoms with E-state index in [0.29, 0.717) is 16.6 Å². The monoisotopic (exact) mass is 407 g/mol.